The zero-order valence-corrected chi connectivity index (χ0v) is 10.9. The maximum atomic E-state index is 13.6. The Labute approximate surface area is 115 Å². The van der Waals surface area contributed by atoms with Gasteiger partial charge < -0.3 is 10.3 Å². The lowest BCUT2D eigenvalue weighted by atomic mass is 10.1. The van der Waals surface area contributed by atoms with E-state index in [1.165, 1.54) is 6.07 Å². The Balaban J connectivity index is 2.18. The second kappa shape index (κ2) is 5.95. The molecule has 2 aromatic rings. The Bertz CT molecular complexity index is 565. The second-order valence-electron chi connectivity index (χ2n) is 4.06. The van der Waals surface area contributed by atoms with Crippen molar-refractivity contribution >= 4 is 11.6 Å². The minimum absolute atomic E-state index is 0.163. The summed E-state index contributed by atoms with van der Waals surface area (Å²) in [5.74, 6) is 0.262. The zero-order chi connectivity index (χ0) is 13.8. The van der Waals surface area contributed by atoms with Crippen molar-refractivity contribution in [2.45, 2.75) is 18.9 Å². The average molecular weight is 282 g/mol. The van der Waals surface area contributed by atoms with E-state index in [1.807, 2.05) is 0 Å². The van der Waals surface area contributed by atoms with E-state index in [-0.39, 0.29) is 6.42 Å². The van der Waals surface area contributed by atoms with Gasteiger partial charge in [-0.15, -0.1) is 6.58 Å². The fourth-order valence-electron chi connectivity index (χ4n) is 1.63. The Morgan fingerprint density at radius 3 is 3.00 bits per heavy atom. The van der Waals surface area contributed by atoms with Crippen LogP contribution in [0.5, 0.6) is 0 Å². The van der Waals surface area contributed by atoms with Crippen molar-refractivity contribution in [2.24, 2.45) is 5.73 Å². The Morgan fingerprint density at radius 2 is 2.32 bits per heavy atom. The number of hydrogen-bond donors (Lipinski definition) is 1. The number of nitrogens with two attached hydrogens (primary N) is 1. The van der Waals surface area contributed by atoms with E-state index in [9.17, 15) is 4.39 Å². The molecule has 1 heterocycles. The van der Waals surface area contributed by atoms with Gasteiger partial charge in [0.15, 0.2) is 5.82 Å². The van der Waals surface area contributed by atoms with Crippen molar-refractivity contribution in [3.05, 3.63) is 59.0 Å². The summed E-state index contributed by atoms with van der Waals surface area (Å²) in [5.41, 5.74) is 6.15. The Kier molecular flexibility index (Phi) is 4.29. The smallest absolute Gasteiger partial charge is 0.243 e. The van der Waals surface area contributed by atoms with E-state index in [4.69, 9.17) is 21.9 Å². The van der Waals surface area contributed by atoms with Crippen molar-refractivity contribution in [2.75, 3.05) is 0 Å². The van der Waals surface area contributed by atoms with Crippen molar-refractivity contribution in [1.29, 1.82) is 0 Å². The van der Waals surface area contributed by atoms with Crippen LogP contribution in [0.25, 0.3) is 0 Å². The van der Waals surface area contributed by atoms with Crippen LogP contribution in [0.15, 0.2) is 35.4 Å². The summed E-state index contributed by atoms with van der Waals surface area (Å²) in [6.45, 7) is 3.59. The molecule has 2 rings (SSSR count). The lowest BCUT2D eigenvalue weighted by Gasteiger charge is -2.02. The van der Waals surface area contributed by atoms with Gasteiger partial charge in [-0.25, -0.2) is 4.39 Å². The van der Waals surface area contributed by atoms with E-state index in [0.29, 0.717) is 28.7 Å². The number of benzene rings is 1. The highest BCUT2D eigenvalue weighted by molar-refractivity contribution is 6.31. The van der Waals surface area contributed by atoms with Gasteiger partial charge in [0.1, 0.15) is 5.82 Å². The number of rotatable bonds is 5. The quantitative estimate of drug-likeness (QED) is 0.856. The van der Waals surface area contributed by atoms with Gasteiger partial charge in [-0.1, -0.05) is 28.9 Å². The molecule has 0 spiro atoms. The van der Waals surface area contributed by atoms with Crippen LogP contribution < -0.4 is 5.73 Å². The van der Waals surface area contributed by atoms with E-state index < -0.39 is 11.9 Å². The largest absolute Gasteiger partial charge is 0.338 e. The van der Waals surface area contributed by atoms with Crippen molar-refractivity contribution in [1.82, 2.24) is 10.1 Å². The molecule has 4 nitrogen and oxygen atoms in total. The summed E-state index contributed by atoms with van der Waals surface area (Å²) >= 11 is 5.93. The summed E-state index contributed by atoms with van der Waals surface area (Å²) in [6.07, 6.45) is 2.36. The van der Waals surface area contributed by atoms with E-state index >= 15 is 0 Å². The molecular weight excluding hydrogens is 269 g/mol. The maximum Gasteiger partial charge on any atom is 0.243 e. The number of aromatic nitrogens is 2. The van der Waals surface area contributed by atoms with Crippen LogP contribution >= 0.6 is 11.6 Å². The minimum atomic E-state index is -0.394. The third-order valence-corrected chi connectivity index (χ3v) is 2.97. The van der Waals surface area contributed by atoms with Crippen molar-refractivity contribution in [3.63, 3.8) is 0 Å². The molecule has 0 fully saturated rings. The van der Waals surface area contributed by atoms with Gasteiger partial charge in [-0.2, -0.15) is 4.98 Å². The molecule has 0 amide bonds. The predicted octanol–water partition coefficient (Wildman–Crippen LogP) is 3.03. The summed E-state index contributed by atoms with van der Waals surface area (Å²) in [4.78, 5) is 4.13. The number of nitrogens with zero attached hydrogens (tertiary/aromatic N) is 2. The highest BCUT2D eigenvalue weighted by Gasteiger charge is 2.16. The highest BCUT2D eigenvalue weighted by Crippen LogP contribution is 2.22. The van der Waals surface area contributed by atoms with Gasteiger partial charge in [-0.3, -0.25) is 0 Å². The molecule has 1 unspecified atom stereocenters. The van der Waals surface area contributed by atoms with Crippen LogP contribution in [-0.2, 0) is 6.42 Å². The van der Waals surface area contributed by atoms with Gasteiger partial charge in [0.25, 0.3) is 0 Å². The monoisotopic (exact) mass is 281 g/mol. The molecule has 2 N–H and O–H groups in total. The van der Waals surface area contributed by atoms with Crippen LogP contribution in [-0.4, -0.2) is 10.1 Å². The Morgan fingerprint density at radius 1 is 1.53 bits per heavy atom. The molecule has 19 heavy (non-hydrogen) atoms. The van der Waals surface area contributed by atoms with E-state index in [1.54, 1.807) is 18.2 Å². The van der Waals surface area contributed by atoms with Gasteiger partial charge in [0.2, 0.25) is 5.89 Å². The fourth-order valence-corrected chi connectivity index (χ4v) is 1.86. The predicted molar refractivity (Wildman–Crippen MR) is 70.3 cm³/mol. The van der Waals surface area contributed by atoms with Gasteiger partial charge in [0, 0.05) is 17.0 Å². The topological polar surface area (TPSA) is 64.9 Å². The number of hydrogen-bond acceptors (Lipinski definition) is 4. The normalized spacial score (nSPS) is 12.4. The van der Waals surface area contributed by atoms with E-state index in [2.05, 4.69) is 16.7 Å². The highest BCUT2D eigenvalue weighted by atomic mass is 35.5. The Hall–Kier alpha value is -1.72. The fraction of sp³-hybridized carbons (Fsp3) is 0.231. The molecular formula is C13H13ClFN3O. The lowest BCUT2D eigenvalue weighted by Crippen LogP contribution is -2.09. The summed E-state index contributed by atoms with van der Waals surface area (Å²) in [6, 6.07) is 4.11. The first-order valence-electron chi connectivity index (χ1n) is 5.73. The van der Waals surface area contributed by atoms with Gasteiger partial charge in [0.05, 0.1) is 6.04 Å². The third kappa shape index (κ3) is 3.19. The van der Waals surface area contributed by atoms with Gasteiger partial charge >= 0.3 is 0 Å². The van der Waals surface area contributed by atoms with Crippen LogP contribution in [0, 0.1) is 5.82 Å². The third-order valence-electron chi connectivity index (χ3n) is 2.62. The first-order chi connectivity index (χ1) is 9.11. The molecule has 0 aliphatic rings. The SMILES string of the molecule is C=CCC(N)c1nc(Cc2c(F)cccc2Cl)no1. The summed E-state index contributed by atoms with van der Waals surface area (Å²) in [7, 11) is 0. The average Bonchev–Trinajstić information content (AvgIpc) is 2.83. The molecule has 0 saturated carbocycles. The van der Waals surface area contributed by atoms with Crippen LogP contribution in [0.3, 0.4) is 0 Å². The summed E-state index contributed by atoms with van der Waals surface area (Å²) in [5, 5.41) is 4.11. The maximum absolute atomic E-state index is 13.6. The molecule has 1 atom stereocenters. The molecule has 0 saturated heterocycles. The molecule has 1 aromatic carbocycles. The molecule has 0 aliphatic heterocycles. The lowest BCUT2D eigenvalue weighted by molar-refractivity contribution is 0.352. The summed E-state index contributed by atoms with van der Waals surface area (Å²) < 4.78 is 18.6. The second-order valence-corrected chi connectivity index (χ2v) is 4.46. The molecule has 1 aromatic heterocycles. The molecule has 0 bridgehead atoms. The molecule has 0 aliphatic carbocycles. The molecule has 6 heteroatoms. The van der Waals surface area contributed by atoms with Gasteiger partial charge in [-0.05, 0) is 18.6 Å². The first kappa shape index (κ1) is 13.7. The zero-order valence-electron chi connectivity index (χ0n) is 10.1. The molecule has 100 valence electrons. The molecule has 0 radical (unpaired) electrons. The van der Waals surface area contributed by atoms with Crippen molar-refractivity contribution in [3.8, 4) is 0 Å². The van der Waals surface area contributed by atoms with Crippen molar-refractivity contribution < 1.29 is 8.91 Å². The van der Waals surface area contributed by atoms with E-state index in [0.717, 1.165) is 0 Å². The van der Waals surface area contributed by atoms with Crippen LogP contribution in [0.4, 0.5) is 4.39 Å². The minimum Gasteiger partial charge on any atom is -0.338 e. The first-order valence-corrected chi connectivity index (χ1v) is 6.11. The standard InChI is InChI=1S/C13H13ClFN3O/c1-2-4-11(16)13-17-12(18-19-13)7-8-9(14)5-3-6-10(8)15/h2-3,5-6,11H,1,4,7,16H2. The number of halogens is 2. The van der Waals surface area contributed by atoms with Crippen LogP contribution in [0.2, 0.25) is 5.02 Å². The van der Waals surface area contributed by atoms with Crippen LogP contribution in [0.1, 0.15) is 29.7 Å².